The van der Waals surface area contributed by atoms with E-state index in [0.717, 1.165) is 0 Å². The number of nitrogens with two attached hydrogens (primary N) is 2. The number of anilines is 2. The van der Waals surface area contributed by atoms with Crippen molar-refractivity contribution < 1.29 is 9.59 Å². The summed E-state index contributed by atoms with van der Waals surface area (Å²) < 4.78 is 0. The lowest BCUT2D eigenvalue weighted by Gasteiger charge is -2.09. The van der Waals surface area contributed by atoms with Gasteiger partial charge in [0, 0.05) is 11.1 Å². The van der Waals surface area contributed by atoms with Crippen LogP contribution in [-0.4, -0.2) is 16.8 Å². The number of carbonyl (C=O) groups is 2. The summed E-state index contributed by atoms with van der Waals surface area (Å²) in [7, 11) is 0. The number of nitrogens with zero attached hydrogens (tertiary/aromatic N) is 1. The van der Waals surface area contributed by atoms with E-state index < -0.39 is 5.91 Å². The molecule has 0 fully saturated rings. The van der Waals surface area contributed by atoms with Crippen LogP contribution in [0.25, 0.3) is 0 Å². The summed E-state index contributed by atoms with van der Waals surface area (Å²) in [6.07, 6.45) is 0.221. The van der Waals surface area contributed by atoms with Gasteiger partial charge in [-0.1, -0.05) is 18.2 Å². The van der Waals surface area contributed by atoms with Crippen molar-refractivity contribution in [3.8, 4) is 0 Å². The summed E-state index contributed by atoms with van der Waals surface area (Å²) in [6.45, 7) is 0. The second kappa shape index (κ2) is 6.16. The molecule has 20 heavy (non-hydrogen) atoms. The van der Waals surface area contributed by atoms with Crippen LogP contribution in [0.4, 0.5) is 10.8 Å². The van der Waals surface area contributed by atoms with Crippen LogP contribution >= 0.6 is 11.3 Å². The van der Waals surface area contributed by atoms with Crippen molar-refractivity contribution in [3.05, 3.63) is 40.9 Å². The molecule has 0 aliphatic heterocycles. The second-order valence-corrected chi connectivity index (χ2v) is 5.09. The molecule has 0 radical (unpaired) electrons. The third-order valence-corrected chi connectivity index (χ3v) is 3.29. The molecule has 0 saturated carbocycles. The molecule has 1 heterocycles. The van der Waals surface area contributed by atoms with E-state index in [9.17, 15) is 9.59 Å². The average molecular weight is 290 g/mol. The molecule has 5 N–H and O–H groups in total. The van der Waals surface area contributed by atoms with E-state index in [2.05, 4.69) is 10.3 Å². The van der Waals surface area contributed by atoms with E-state index in [0.29, 0.717) is 22.1 Å². The first-order chi connectivity index (χ1) is 9.54. The molecule has 6 nitrogen and oxygen atoms in total. The normalized spacial score (nSPS) is 10.2. The van der Waals surface area contributed by atoms with Gasteiger partial charge in [-0.25, -0.2) is 4.98 Å². The predicted molar refractivity (Wildman–Crippen MR) is 78.2 cm³/mol. The molecule has 2 aromatic rings. The maximum absolute atomic E-state index is 11.9. The molecule has 7 heteroatoms. The number of primary amides is 1. The van der Waals surface area contributed by atoms with Crippen molar-refractivity contribution in [1.82, 2.24) is 4.98 Å². The van der Waals surface area contributed by atoms with Crippen LogP contribution in [0.15, 0.2) is 29.6 Å². The van der Waals surface area contributed by atoms with Gasteiger partial charge in [-0.2, -0.15) is 0 Å². The lowest BCUT2D eigenvalue weighted by Crippen LogP contribution is -2.18. The standard InChI is InChI=1S/C13H14N4O2S/c14-11(18)5-8-3-1-2-4-10(8)17-12(19)6-9-7-20-13(15)16-9/h1-4,7H,5-6H2,(H2,14,18)(H2,15,16)(H,17,19). The van der Waals surface area contributed by atoms with E-state index in [4.69, 9.17) is 11.5 Å². The van der Waals surface area contributed by atoms with Gasteiger partial charge in [0.1, 0.15) is 0 Å². The molecule has 1 aromatic heterocycles. The summed E-state index contributed by atoms with van der Waals surface area (Å²) in [4.78, 5) is 26.9. The van der Waals surface area contributed by atoms with Crippen LogP contribution in [0.3, 0.4) is 0 Å². The zero-order valence-electron chi connectivity index (χ0n) is 10.6. The number of hydrogen-bond acceptors (Lipinski definition) is 5. The average Bonchev–Trinajstić information content (AvgIpc) is 2.76. The smallest absolute Gasteiger partial charge is 0.230 e. The lowest BCUT2D eigenvalue weighted by atomic mass is 10.1. The first-order valence-corrected chi connectivity index (χ1v) is 6.78. The number of carbonyl (C=O) groups excluding carboxylic acids is 2. The van der Waals surface area contributed by atoms with Crippen molar-refractivity contribution in [2.45, 2.75) is 12.8 Å². The highest BCUT2D eigenvalue weighted by Gasteiger charge is 2.10. The number of benzene rings is 1. The monoisotopic (exact) mass is 290 g/mol. The Hall–Kier alpha value is -2.41. The third kappa shape index (κ3) is 3.79. The largest absolute Gasteiger partial charge is 0.375 e. The van der Waals surface area contributed by atoms with Gasteiger partial charge in [-0.3, -0.25) is 9.59 Å². The number of nitrogens with one attached hydrogen (secondary N) is 1. The number of nitrogen functional groups attached to an aromatic ring is 1. The summed E-state index contributed by atoms with van der Waals surface area (Å²) in [5.74, 6) is -0.661. The minimum absolute atomic E-state index is 0.0834. The summed E-state index contributed by atoms with van der Waals surface area (Å²) >= 11 is 1.29. The van der Waals surface area contributed by atoms with Gasteiger partial charge in [-0.15, -0.1) is 11.3 Å². The maximum atomic E-state index is 11.9. The molecule has 0 aliphatic rings. The zero-order chi connectivity index (χ0) is 14.5. The second-order valence-electron chi connectivity index (χ2n) is 4.20. The minimum Gasteiger partial charge on any atom is -0.375 e. The molecular weight excluding hydrogens is 276 g/mol. The highest BCUT2D eigenvalue weighted by molar-refractivity contribution is 7.13. The number of amides is 2. The van der Waals surface area contributed by atoms with Gasteiger partial charge in [0.05, 0.1) is 18.5 Å². The fourth-order valence-electron chi connectivity index (χ4n) is 1.75. The fourth-order valence-corrected chi connectivity index (χ4v) is 2.31. The molecule has 0 spiro atoms. The zero-order valence-corrected chi connectivity index (χ0v) is 11.4. The number of aromatic nitrogens is 1. The van der Waals surface area contributed by atoms with Crippen LogP contribution in [0.1, 0.15) is 11.3 Å². The van der Waals surface area contributed by atoms with Crippen LogP contribution in [0, 0.1) is 0 Å². The first kappa shape index (κ1) is 14.0. The van der Waals surface area contributed by atoms with Crippen molar-refractivity contribution in [1.29, 1.82) is 0 Å². The van der Waals surface area contributed by atoms with Crippen LogP contribution in [-0.2, 0) is 22.4 Å². The molecule has 0 atom stereocenters. The number of hydrogen-bond donors (Lipinski definition) is 3. The van der Waals surface area contributed by atoms with E-state index in [1.807, 2.05) is 0 Å². The highest BCUT2D eigenvalue weighted by atomic mass is 32.1. The van der Waals surface area contributed by atoms with Crippen molar-refractivity contribution >= 4 is 34.0 Å². The Morgan fingerprint density at radius 3 is 2.65 bits per heavy atom. The lowest BCUT2D eigenvalue weighted by molar-refractivity contribution is -0.117. The SMILES string of the molecule is NC(=O)Cc1ccccc1NC(=O)Cc1csc(N)n1. The van der Waals surface area contributed by atoms with Gasteiger partial charge in [0.25, 0.3) is 0 Å². The van der Waals surface area contributed by atoms with Crippen LogP contribution in [0.5, 0.6) is 0 Å². The summed E-state index contributed by atoms with van der Waals surface area (Å²) in [6, 6.07) is 7.04. The number of thiazole rings is 1. The Labute approximate surface area is 119 Å². The molecule has 104 valence electrons. The van der Waals surface area contributed by atoms with E-state index in [1.54, 1.807) is 29.6 Å². The third-order valence-electron chi connectivity index (χ3n) is 2.57. The Morgan fingerprint density at radius 2 is 2.00 bits per heavy atom. The molecule has 0 saturated heterocycles. The molecule has 0 aliphatic carbocycles. The molecular formula is C13H14N4O2S. The fraction of sp³-hybridized carbons (Fsp3) is 0.154. The van der Waals surface area contributed by atoms with E-state index in [1.165, 1.54) is 11.3 Å². The Balaban J connectivity index is 2.05. The quantitative estimate of drug-likeness (QED) is 0.760. The Bertz CT molecular complexity index is 639. The Kier molecular flexibility index (Phi) is 4.31. The number of rotatable bonds is 5. The Morgan fingerprint density at radius 1 is 1.25 bits per heavy atom. The van der Waals surface area contributed by atoms with Crippen molar-refractivity contribution in [2.24, 2.45) is 5.73 Å². The van der Waals surface area contributed by atoms with Gasteiger partial charge in [0.2, 0.25) is 11.8 Å². The van der Waals surface area contributed by atoms with Crippen LogP contribution in [0.2, 0.25) is 0 Å². The molecule has 2 rings (SSSR count). The maximum Gasteiger partial charge on any atom is 0.230 e. The van der Waals surface area contributed by atoms with Crippen molar-refractivity contribution in [2.75, 3.05) is 11.1 Å². The molecule has 0 bridgehead atoms. The van der Waals surface area contributed by atoms with E-state index in [-0.39, 0.29) is 18.7 Å². The highest BCUT2D eigenvalue weighted by Crippen LogP contribution is 2.17. The van der Waals surface area contributed by atoms with E-state index >= 15 is 0 Å². The van der Waals surface area contributed by atoms with Crippen LogP contribution < -0.4 is 16.8 Å². The predicted octanol–water partition coefficient (Wildman–Crippen LogP) is 0.934. The van der Waals surface area contributed by atoms with Gasteiger partial charge in [-0.05, 0) is 11.6 Å². The number of para-hydroxylation sites is 1. The van der Waals surface area contributed by atoms with Gasteiger partial charge < -0.3 is 16.8 Å². The topological polar surface area (TPSA) is 111 Å². The molecule has 0 unspecified atom stereocenters. The summed E-state index contributed by atoms with van der Waals surface area (Å²) in [5.41, 5.74) is 12.6. The first-order valence-electron chi connectivity index (χ1n) is 5.90. The van der Waals surface area contributed by atoms with Crippen molar-refractivity contribution in [3.63, 3.8) is 0 Å². The van der Waals surface area contributed by atoms with Gasteiger partial charge in [0.15, 0.2) is 5.13 Å². The minimum atomic E-state index is -0.445. The molecule has 2 amide bonds. The summed E-state index contributed by atoms with van der Waals surface area (Å²) in [5, 5.41) is 4.92. The van der Waals surface area contributed by atoms with Gasteiger partial charge >= 0.3 is 0 Å². The molecule has 1 aromatic carbocycles.